The Balaban J connectivity index is 0.00000205. The van der Waals surface area contributed by atoms with Gasteiger partial charge in [-0.25, -0.2) is 0 Å². The van der Waals surface area contributed by atoms with Gasteiger partial charge >= 0.3 is 0 Å². The summed E-state index contributed by atoms with van der Waals surface area (Å²) in [4.78, 5) is 16.4. The van der Waals surface area contributed by atoms with E-state index in [1.165, 1.54) is 10.1 Å². The maximum Gasteiger partial charge on any atom is 0.228 e. The fraction of sp³-hybridized carbons (Fsp3) is 0.333. The Kier molecular flexibility index (Phi) is 6.01. The van der Waals surface area contributed by atoms with Crippen molar-refractivity contribution >= 4 is 64.1 Å². The van der Waals surface area contributed by atoms with Gasteiger partial charge in [-0.05, 0) is 47.3 Å². The van der Waals surface area contributed by atoms with Crippen LogP contribution in [-0.2, 0) is 17.6 Å². The quantitative estimate of drug-likeness (QED) is 0.659. The van der Waals surface area contributed by atoms with Gasteiger partial charge in [0.2, 0.25) is 5.91 Å². The minimum Gasteiger partial charge on any atom is -0.353 e. The molecule has 1 N–H and O–H groups in total. The normalized spacial score (nSPS) is 16.6. The van der Waals surface area contributed by atoms with Gasteiger partial charge in [0.1, 0.15) is 5.82 Å². The third-order valence-electron chi connectivity index (χ3n) is 5.62. The number of hydrogen-bond donors (Lipinski definition) is 1. The maximum absolute atomic E-state index is 11.6. The first-order chi connectivity index (χ1) is 13.7. The van der Waals surface area contributed by atoms with Gasteiger partial charge in [-0.2, -0.15) is 17.9 Å². The van der Waals surface area contributed by atoms with Crippen molar-refractivity contribution in [2.45, 2.75) is 12.8 Å². The van der Waals surface area contributed by atoms with Crippen molar-refractivity contribution < 1.29 is 4.79 Å². The number of anilines is 2. The molecule has 5 rings (SSSR count). The monoisotopic (exact) mass is 446 g/mol. The molecular formula is C21H23ClN4OS2. The van der Waals surface area contributed by atoms with Gasteiger partial charge in [0.05, 0.1) is 11.1 Å². The van der Waals surface area contributed by atoms with Gasteiger partial charge in [0.15, 0.2) is 0 Å². The van der Waals surface area contributed by atoms with Crippen molar-refractivity contribution in [1.82, 2.24) is 9.27 Å². The van der Waals surface area contributed by atoms with Crippen LogP contribution in [-0.4, -0.2) is 47.9 Å². The Morgan fingerprint density at radius 1 is 1.14 bits per heavy atom. The first kappa shape index (κ1) is 20.5. The van der Waals surface area contributed by atoms with E-state index in [4.69, 9.17) is 11.6 Å². The van der Waals surface area contributed by atoms with Crippen molar-refractivity contribution in [3.05, 3.63) is 52.5 Å². The molecule has 0 aliphatic carbocycles. The summed E-state index contributed by atoms with van der Waals surface area (Å²) < 4.78 is 5.94. The van der Waals surface area contributed by atoms with Crippen LogP contribution < -0.4 is 10.2 Å². The molecule has 0 radical (unpaired) electrons. The lowest BCUT2D eigenvalue weighted by molar-refractivity contribution is -0.115. The highest BCUT2D eigenvalue weighted by molar-refractivity contribution is 7.59. The fourth-order valence-electron chi connectivity index (χ4n) is 4.05. The third kappa shape index (κ3) is 4.10. The summed E-state index contributed by atoms with van der Waals surface area (Å²) in [5.74, 6) is 1.17. The lowest BCUT2D eigenvalue weighted by atomic mass is 10.1. The van der Waals surface area contributed by atoms with Crippen LogP contribution in [0.1, 0.15) is 11.1 Å². The summed E-state index contributed by atoms with van der Waals surface area (Å²) in [7, 11) is 0. The van der Waals surface area contributed by atoms with E-state index in [1.807, 2.05) is 6.07 Å². The predicted molar refractivity (Wildman–Crippen MR) is 126 cm³/mol. The van der Waals surface area contributed by atoms with E-state index in [0.717, 1.165) is 66.8 Å². The topological polar surface area (TPSA) is 48.5 Å². The molecule has 2 aromatic carbocycles. The molecule has 0 bridgehead atoms. The van der Waals surface area contributed by atoms with E-state index in [-0.39, 0.29) is 19.4 Å². The number of halogens is 1. The van der Waals surface area contributed by atoms with Gasteiger partial charge < -0.3 is 10.2 Å². The summed E-state index contributed by atoms with van der Waals surface area (Å²) in [6.45, 7) is 5.00. The highest BCUT2D eigenvalue weighted by Crippen LogP contribution is 2.31. The Morgan fingerprint density at radius 3 is 2.76 bits per heavy atom. The molecule has 2 aliphatic heterocycles. The summed E-state index contributed by atoms with van der Waals surface area (Å²) in [5.41, 5.74) is 3.05. The average Bonchev–Trinajstić information content (AvgIpc) is 3.29. The minimum atomic E-state index is 0. The number of benzene rings is 2. The van der Waals surface area contributed by atoms with E-state index >= 15 is 0 Å². The van der Waals surface area contributed by atoms with Crippen LogP contribution in [0.5, 0.6) is 0 Å². The lowest BCUT2D eigenvalue weighted by Gasteiger charge is -2.35. The highest BCUT2D eigenvalue weighted by Gasteiger charge is 2.22. The summed E-state index contributed by atoms with van der Waals surface area (Å²) >= 11 is 8.01. The molecule has 1 amide bonds. The summed E-state index contributed by atoms with van der Waals surface area (Å²) in [5, 5.41) is 4.86. The van der Waals surface area contributed by atoms with Crippen molar-refractivity contribution in [2.75, 3.05) is 42.9 Å². The second kappa shape index (κ2) is 8.52. The highest BCUT2D eigenvalue weighted by atomic mass is 35.5. The summed E-state index contributed by atoms with van der Waals surface area (Å²) in [6, 6.07) is 12.4. The predicted octanol–water partition coefficient (Wildman–Crippen LogP) is 3.92. The smallest absolute Gasteiger partial charge is 0.228 e. The van der Waals surface area contributed by atoms with Crippen molar-refractivity contribution in [2.24, 2.45) is 0 Å². The van der Waals surface area contributed by atoms with Crippen LogP contribution in [0.3, 0.4) is 0 Å². The van der Waals surface area contributed by atoms with Crippen LogP contribution in [0.4, 0.5) is 11.5 Å². The van der Waals surface area contributed by atoms with Crippen LogP contribution in [0.25, 0.3) is 10.1 Å². The molecule has 5 nitrogen and oxygen atoms in total. The SMILES string of the molecule is O=C1Cc2cc(CCN3CCN(c4nsc5ccccc45)CC3)c(Cl)cc2N1.S. The molecule has 152 valence electrons. The number of aromatic nitrogens is 1. The zero-order valence-electron chi connectivity index (χ0n) is 15.9. The van der Waals surface area contributed by atoms with Crippen molar-refractivity contribution in [3.63, 3.8) is 0 Å². The molecule has 29 heavy (non-hydrogen) atoms. The van der Waals surface area contributed by atoms with Crippen molar-refractivity contribution in [1.29, 1.82) is 0 Å². The second-order valence-electron chi connectivity index (χ2n) is 7.41. The average molecular weight is 447 g/mol. The minimum absolute atomic E-state index is 0. The maximum atomic E-state index is 11.6. The number of carbonyl (C=O) groups is 1. The zero-order chi connectivity index (χ0) is 19.1. The van der Waals surface area contributed by atoms with E-state index in [2.05, 4.69) is 49.8 Å². The fourth-order valence-corrected chi connectivity index (χ4v) is 5.11. The third-order valence-corrected chi connectivity index (χ3v) is 6.79. The number of nitrogens with zero attached hydrogens (tertiary/aromatic N) is 3. The molecule has 1 fully saturated rings. The molecule has 0 unspecified atom stereocenters. The lowest BCUT2D eigenvalue weighted by Crippen LogP contribution is -2.47. The van der Waals surface area contributed by atoms with Crippen LogP contribution >= 0.6 is 36.6 Å². The Bertz CT molecular complexity index is 1050. The molecule has 3 aromatic rings. The Labute approximate surface area is 186 Å². The summed E-state index contributed by atoms with van der Waals surface area (Å²) in [6.07, 6.45) is 1.36. The molecule has 1 saturated heterocycles. The molecule has 2 aliphatic rings. The van der Waals surface area contributed by atoms with E-state index < -0.39 is 0 Å². The number of carbonyl (C=O) groups excluding carboxylic acids is 1. The van der Waals surface area contributed by atoms with E-state index in [9.17, 15) is 4.79 Å². The number of rotatable bonds is 4. The number of nitrogens with one attached hydrogen (secondary N) is 1. The number of piperazine rings is 1. The number of hydrogen-bond acceptors (Lipinski definition) is 5. The first-order valence-corrected chi connectivity index (χ1v) is 10.8. The molecule has 0 atom stereocenters. The molecular weight excluding hydrogens is 424 g/mol. The van der Waals surface area contributed by atoms with Crippen LogP contribution in [0.2, 0.25) is 5.02 Å². The van der Waals surface area contributed by atoms with Gasteiger partial charge in [0.25, 0.3) is 0 Å². The first-order valence-electron chi connectivity index (χ1n) is 9.60. The number of fused-ring (bicyclic) bond motifs is 2. The molecule has 0 spiro atoms. The van der Waals surface area contributed by atoms with Crippen LogP contribution in [0, 0.1) is 0 Å². The number of amides is 1. The zero-order valence-corrected chi connectivity index (χ0v) is 18.5. The van der Waals surface area contributed by atoms with E-state index in [1.54, 1.807) is 11.5 Å². The van der Waals surface area contributed by atoms with Gasteiger partial charge in [-0.15, -0.1) is 0 Å². The molecule has 3 heterocycles. The van der Waals surface area contributed by atoms with Gasteiger partial charge in [-0.3, -0.25) is 9.69 Å². The molecule has 8 heteroatoms. The van der Waals surface area contributed by atoms with E-state index in [0.29, 0.717) is 6.42 Å². The van der Waals surface area contributed by atoms with Gasteiger partial charge in [0, 0.05) is 48.8 Å². The largest absolute Gasteiger partial charge is 0.353 e. The molecule has 0 saturated carbocycles. The van der Waals surface area contributed by atoms with Crippen molar-refractivity contribution in [3.8, 4) is 0 Å². The Hall–Kier alpha value is -1.80. The standard InChI is InChI=1S/C21H21ClN4OS.H2S/c22-17-13-18-15(12-20(27)23-18)11-14(17)5-6-25-7-9-26(10-8-25)21-16-3-1-2-4-19(16)28-24-21;/h1-4,11,13H,5-10,12H2,(H,23,27);1H2. The Morgan fingerprint density at radius 2 is 1.93 bits per heavy atom. The van der Waals surface area contributed by atoms with Crippen LogP contribution in [0.15, 0.2) is 36.4 Å². The second-order valence-corrected chi connectivity index (χ2v) is 8.62. The van der Waals surface area contributed by atoms with Gasteiger partial charge in [-0.1, -0.05) is 29.8 Å². The molecule has 1 aromatic heterocycles.